The van der Waals surface area contributed by atoms with Crippen LogP contribution in [0, 0.1) is 11.7 Å². The number of ether oxygens (including phenoxy) is 1. The van der Waals surface area contributed by atoms with E-state index in [1.165, 1.54) is 24.3 Å². The zero-order valence-electron chi connectivity index (χ0n) is 13.7. The maximum Gasteiger partial charge on any atom is 0.223 e. The molecule has 4 nitrogen and oxygen atoms in total. The van der Waals surface area contributed by atoms with Gasteiger partial charge in [0.2, 0.25) is 5.91 Å². The maximum atomic E-state index is 12.9. The van der Waals surface area contributed by atoms with Gasteiger partial charge in [0, 0.05) is 30.6 Å². The number of ketones is 1. The molecule has 1 heterocycles. The fourth-order valence-corrected chi connectivity index (χ4v) is 2.85. The average Bonchev–Trinajstić information content (AvgIpc) is 2.55. The van der Waals surface area contributed by atoms with Gasteiger partial charge in [0.05, 0.1) is 6.10 Å². The van der Waals surface area contributed by atoms with Crippen molar-refractivity contribution >= 4 is 11.7 Å². The first-order valence-corrected chi connectivity index (χ1v) is 8.20. The van der Waals surface area contributed by atoms with Crippen molar-refractivity contribution in [2.24, 2.45) is 5.92 Å². The molecule has 0 radical (unpaired) electrons. The number of nitrogens with one attached hydrogen (secondary N) is 1. The van der Waals surface area contributed by atoms with Crippen LogP contribution in [0.1, 0.15) is 49.9 Å². The van der Waals surface area contributed by atoms with E-state index in [-0.39, 0.29) is 42.0 Å². The van der Waals surface area contributed by atoms with Crippen LogP contribution < -0.4 is 5.32 Å². The Bertz CT molecular complexity index is 544. The highest BCUT2D eigenvalue weighted by atomic mass is 19.1. The molecule has 23 heavy (non-hydrogen) atoms. The summed E-state index contributed by atoms with van der Waals surface area (Å²) in [5, 5.41) is 2.92. The number of hydrogen-bond donors (Lipinski definition) is 1. The first-order chi connectivity index (χ1) is 11.0. The lowest BCUT2D eigenvalue weighted by Gasteiger charge is -2.29. The molecule has 1 fully saturated rings. The molecular weight excluding hydrogens is 297 g/mol. The largest absolute Gasteiger partial charge is 0.378 e. The second-order valence-electron chi connectivity index (χ2n) is 6.17. The summed E-state index contributed by atoms with van der Waals surface area (Å²) < 4.78 is 18.5. The van der Waals surface area contributed by atoms with Gasteiger partial charge in [0.15, 0.2) is 5.78 Å². The highest BCUT2D eigenvalue weighted by Crippen LogP contribution is 2.22. The number of hydrogen-bond acceptors (Lipinski definition) is 3. The summed E-state index contributed by atoms with van der Waals surface area (Å²) in [6, 6.07) is 5.22. The number of halogens is 1. The summed E-state index contributed by atoms with van der Waals surface area (Å²) in [5.74, 6) is -0.521. The number of benzene rings is 1. The van der Waals surface area contributed by atoms with E-state index in [1.54, 1.807) is 0 Å². The van der Waals surface area contributed by atoms with Gasteiger partial charge < -0.3 is 10.1 Å². The van der Waals surface area contributed by atoms with Gasteiger partial charge in [-0.05, 0) is 50.5 Å². The van der Waals surface area contributed by atoms with Gasteiger partial charge >= 0.3 is 0 Å². The van der Waals surface area contributed by atoms with Crippen molar-refractivity contribution in [3.63, 3.8) is 0 Å². The minimum Gasteiger partial charge on any atom is -0.378 e. The molecule has 1 amide bonds. The lowest BCUT2D eigenvalue weighted by atomic mass is 9.93. The molecule has 0 aromatic heterocycles. The molecule has 1 aliphatic heterocycles. The first-order valence-electron chi connectivity index (χ1n) is 8.20. The van der Waals surface area contributed by atoms with E-state index in [9.17, 15) is 14.0 Å². The highest BCUT2D eigenvalue weighted by Gasteiger charge is 2.27. The summed E-state index contributed by atoms with van der Waals surface area (Å²) >= 11 is 0. The zero-order valence-corrected chi connectivity index (χ0v) is 13.7. The fraction of sp³-hybridized carbons (Fsp3) is 0.556. The second kappa shape index (κ2) is 8.20. The summed E-state index contributed by atoms with van der Waals surface area (Å²) in [6.07, 6.45) is 2.72. The molecule has 1 aromatic rings. The van der Waals surface area contributed by atoms with E-state index >= 15 is 0 Å². The molecule has 5 heteroatoms. The van der Waals surface area contributed by atoms with Gasteiger partial charge in [0.1, 0.15) is 5.82 Å². The standard InChI is InChI=1S/C18H24FNO3/c1-3-16-11-14(8-9-23-16)18(22)20-12(2)10-17(21)13-4-6-15(19)7-5-13/h4-7,12,14,16H,3,8-11H2,1-2H3,(H,20,22)/t12-,14+,16+/m0/s1. The number of carbonyl (C=O) groups is 2. The third-order valence-electron chi connectivity index (χ3n) is 4.24. The molecule has 1 aliphatic rings. The molecule has 2 rings (SSSR count). The quantitative estimate of drug-likeness (QED) is 0.819. The summed E-state index contributed by atoms with van der Waals surface area (Å²) in [4.78, 5) is 24.4. The molecule has 126 valence electrons. The molecule has 1 N–H and O–H groups in total. The minimum atomic E-state index is -0.368. The predicted molar refractivity (Wildman–Crippen MR) is 85.7 cm³/mol. The third kappa shape index (κ3) is 5.13. The van der Waals surface area contributed by atoms with Crippen LogP contribution in [0.2, 0.25) is 0 Å². The highest BCUT2D eigenvalue weighted by molar-refractivity contribution is 5.96. The molecule has 3 atom stereocenters. The van der Waals surface area contributed by atoms with Crippen molar-refractivity contribution in [1.29, 1.82) is 0 Å². The predicted octanol–water partition coefficient (Wildman–Crippen LogP) is 3.11. The Morgan fingerprint density at radius 3 is 2.70 bits per heavy atom. The van der Waals surface area contributed by atoms with E-state index in [0.717, 1.165) is 19.3 Å². The van der Waals surface area contributed by atoms with Gasteiger partial charge in [-0.3, -0.25) is 9.59 Å². The van der Waals surface area contributed by atoms with Crippen LogP contribution in [0.25, 0.3) is 0 Å². The number of amides is 1. The lowest BCUT2D eigenvalue weighted by molar-refractivity contribution is -0.130. The average molecular weight is 321 g/mol. The van der Waals surface area contributed by atoms with Crippen LogP contribution >= 0.6 is 0 Å². The Kier molecular flexibility index (Phi) is 6.28. The van der Waals surface area contributed by atoms with Crippen LogP contribution in [0.4, 0.5) is 4.39 Å². The maximum absolute atomic E-state index is 12.9. The van der Waals surface area contributed by atoms with E-state index < -0.39 is 0 Å². The molecule has 0 unspecified atom stereocenters. The van der Waals surface area contributed by atoms with Crippen LogP contribution in [0.5, 0.6) is 0 Å². The lowest BCUT2D eigenvalue weighted by Crippen LogP contribution is -2.41. The molecule has 1 aromatic carbocycles. The fourth-order valence-electron chi connectivity index (χ4n) is 2.85. The monoisotopic (exact) mass is 321 g/mol. The van der Waals surface area contributed by atoms with Crippen molar-refractivity contribution < 1.29 is 18.7 Å². The summed E-state index contributed by atoms with van der Waals surface area (Å²) in [7, 11) is 0. The van der Waals surface area contributed by atoms with Gasteiger partial charge in [-0.2, -0.15) is 0 Å². The normalized spacial score (nSPS) is 22.4. The van der Waals surface area contributed by atoms with E-state index in [4.69, 9.17) is 4.74 Å². The molecule has 0 bridgehead atoms. The third-order valence-corrected chi connectivity index (χ3v) is 4.24. The van der Waals surface area contributed by atoms with Crippen LogP contribution in [-0.2, 0) is 9.53 Å². The minimum absolute atomic E-state index is 0.00819. The van der Waals surface area contributed by atoms with E-state index in [1.807, 2.05) is 6.92 Å². The number of rotatable bonds is 6. The van der Waals surface area contributed by atoms with Gasteiger partial charge in [-0.1, -0.05) is 6.92 Å². The molecule has 0 saturated carbocycles. The van der Waals surface area contributed by atoms with E-state index in [2.05, 4.69) is 12.2 Å². The first kappa shape index (κ1) is 17.6. The summed E-state index contributed by atoms with van der Waals surface area (Å²) in [5.41, 5.74) is 0.463. The Balaban J connectivity index is 1.83. The Hall–Kier alpha value is -1.75. The van der Waals surface area contributed by atoms with Crippen molar-refractivity contribution in [2.75, 3.05) is 6.61 Å². The van der Waals surface area contributed by atoms with Crippen molar-refractivity contribution in [2.45, 2.75) is 51.7 Å². The molecular formula is C18H24FNO3. The molecule has 0 spiro atoms. The van der Waals surface area contributed by atoms with Crippen LogP contribution in [0.3, 0.4) is 0 Å². The van der Waals surface area contributed by atoms with Crippen molar-refractivity contribution in [1.82, 2.24) is 5.32 Å². The zero-order chi connectivity index (χ0) is 16.8. The van der Waals surface area contributed by atoms with Gasteiger partial charge in [0.25, 0.3) is 0 Å². The number of carbonyl (C=O) groups excluding carboxylic acids is 2. The van der Waals surface area contributed by atoms with Crippen LogP contribution in [0.15, 0.2) is 24.3 Å². The smallest absolute Gasteiger partial charge is 0.223 e. The Morgan fingerprint density at radius 1 is 1.35 bits per heavy atom. The second-order valence-corrected chi connectivity index (χ2v) is 6.17. The van der Waals surface area contributed by atoms with E-state index in [0.29, 0.717) is 12.2 Å². The topological polar surface area (TPSA) is 55.4 Å². The molecule has 0 aliphatic carbocycles. The Labute approximate surface area is 136 Å². The van der Waals surface area contributed by atoms with Gasteiger partial charge in [-0.25, -0.2) is 4.39 Å². The number of Topliss-reactive ketones (excluding diaryl/α,β-unsaturated/α-hetero) is 1. The summed E-state index contributed by atoms with van der Waals surface area (Å²) in [6.45, 7) is 4.48. The van der Waals surface area contributed by atoms with Crippen molar-refractivity contribution in [3.8, 4) is 0 Å². The molecule has 1 saturated heterocycles. The van der Waals surface area contributed by atoms with Crippen molar-refractivity contribution in [3.05, 3.63) is 35.6 Å². The van der Waals surface area contributed by atoms with Gasteiger partial charge in [-0.15, -0.1) is 0 Å². The SMILES string of the molecule is CC[C@@H]1C[C@H](C(=O)N[C@@H](C)CC(=O)c2ccc(F)cc2)CCO1. The van der Waals surface area contributed by atoms with Crippen LogP contribution in [-0.4, -0.2) is 30.4 Å². The Morgan fingerprint density at radius 2 is 2.04 bits per heavy atom.